The van der Waals surface area contributed by atoms with E-state index in [0.29, 0.717) is 32.3 Å². The van der Waals surface area contributed by atoms with Crippen LogP contribution in [0.5, 0.6) is 0 Å². The third-order valence-electron chi connectivity index (χ3n) is 6.94. The van der Waals surface area contributed by atoms with Gasteiger partial charge in [-0.25, -0.2) is 9.59 Å². The molecule has 2 amide bonds. The van der Waals surface area contributed by atoms with E-state index in [9.17, 15) is 28.7 Å². The van der Waals surface area contributed by atoms with Crippen LogP contribution in [-0.2, 0) is 14.3 Å². The van der Waals surface area contributed by atoms with Crippen molar-refractivity contribution in [2.45, 2.75) is 83.1 Å². The highest BCUT2D eigenvalue weighted by Crippen LogP contribution is 2.27. The first kappa shape index (κ1) is 39.1. The highest BCUT2D eigenvalue weighted by molar-refractivity contribution is 5.75. The summed E-state index contributed by atoms with van der Waals surface area (Å²) in [6.07, 6.45) is 25.4. The van der Waals surface area contributed by atoms with Gasteiger partial charge in [0.2, 0.25) is 11.7 Å². The number of nitrogens with zero attached hydrogens (tertiary/aromatic N) is 1. The van der Waals surface area contributed by atoms with Gasteiger partial charge < -0.3 is 30.5 Å². The summed E-state index contributed by atoms with van der Waals surface area (Å²) in [5.74, 6) is -1.17. The average Bonchev–Trinajstić information content (AvgIpc) is 3.42. The monoisotopic (exact) mass is 659 g/mol. The van der Waals surface area contributed by atoms with Gasteiger partial charge in [0.15, 0.2) is 0 Å². The molecule has 13 heteroatoms. The molecule has 3 unspecified atom stereocenters. The van der Waals surface area contributed by atoms with Crippen molar-refractivity contribution in [1.29, 1.82) is 0 Å². The van der Waals surface area contributed by atoms with Gasteiger partial charge in [-0.3, -0.25) is 19.1 Å². The number of aromatic nitrogens is 2. The topological polar surface area (TPSA) is 164 Å². The number of hydrogen-bond donors (Lipinski definition) is 5. The number of aliphatic hydroxyl groups is 1. The minimum atomic E-state index is -1.16. The summed E-state index contributed by atoms with van der Waals surface area (Å²) in [7, 11) is 0. The van der Waals surface area contributed by atoms with Crippen molar-refractivity contribution >= 4 is 12.0 Å². The lowest BCUT2D eigenvalue weighted by Crippen LogP contribution is -2.37. The van der Waals surface area contributed by atoms with E-state index in [1.165, 1.54) is 0 Å². The lowest BCUT2D eigenvalue weighted by atomic mass is 10.2. The number of amides is 2. The number of halogens is 1. The maximum atomic E-state index is 13.5. The van der Waals surface area contributed by atoms with Crippen molar-refractivity contribution in [3.8, 4) is 0 Å². The summed E-state index contributed by atoms with van der Waals surface area (Å²) >= 11 is 0. The molecule has 1 saturated heterocycles. The first-order valence-electron chi connectivity index (χ1n) is 16.3. The Labute approximate surface area is 275 Å². The van der Waals surface area contributed by atoms with E-state index in [0.717, 1.165) is 49.5 Å². The van der Waals surface area contributed by atoms with E-state index in [-0.39, 0.29) is 25.5 Å². The first-order valence-corrected chi connectivity index (χ1v) is 16.3. The maximum absolute atomic E-state index is 13.5. The Hall–Kier alpha value is -4.07. The number of ether oxygens (including phenoxy) is 2. The molecule has 2 rings (SSSR count). The van der Waals surface area contributed by atoms with Gasteiger partial charge in [0.05, 0.1) is 12.3 Å². The maximum Gasteiger partial charge on any atom is 0.407 e. The highest BCUT2D eigenvalue weighted by atomic mass is 19.1. The summed E-state index contributed by atoms with van der Waals surface area (Å²) in [5, 5.41) is 18.7. The standard InChI is InChI=1S/C34H50FN5O7/c1-2-3-4-5-6-7-8-9-10-11-12-13-14-15-16-17-18-19-30(42)37-22-20-36-21-23-38-34(45)46-26-29-28(41)24-31(47-29)40-25-27(35)32(43)39-33(40)44/h3-4,6-7,9-10,12-13,15-16,25,28-29,31,36,41H,2,5,8,11,14,17-24,26H2,1H3,(H,37,42)(H,38,45)(H,39,43,44). The zero-order chi connectivity index (χ0) is 34.1. The van der Waals surface area contributed by atoms with Crippen LogP contribution in [0.1, 0.15) is 70.9 Å². The number of aromatic amines is 1. The van der Waals surface area contributed by atoms with E-state index in [1.54, 1.807) is 0 Å². The van der Waals surface area contributed by atoms with E-state index in [4.69, 9.17) is 9.47 Å². The van der Waals surface area contributed by atoms with Crippen LogP contribution in [0.2, 0.25) is 0 Å². The molecule has 0 radical (unpaired) electrons. The molecular weight excluding hydrogens is 609 g/mol. The second kappa shape index (κ2) is 24.2. The molecular formula is C34H50FN5O7. The SMILES string of the molecule is CCC=CCC=CCC=CCC=CCC=CCCCC(=O)NCCNCCNC(=O)OCC1OC(n2cc(F)c(=O)[nH]c2=O)CC1O. The molecule has 0 bridgehead atoms. The lowest BCUT2D eigenvalue weighted by Gasteiger charge is -2.16. The Bertz CT molecular complexity index is 1330. The van der Waals surface area contributed by atoms with Gasteiger partial charge in [0.25, 0.3) is 5.56 Å². The molecule has 1 aliphatic heterocycles. The number of carbonyl (C=O) groups excluding carboxylic acids is 2. The minimum Gasteiger partial charge on any atom is -0.447 e. The van der Waals surface area contributed by atoms with Crippen LogP contribution in [0, 0.1) is 5.82 Å². The lowest BCUT2D eigenvalue weighted by molar-refractivity contribution is -0.121. The number of rotatable bonds is 22. The van der Waals surface area contributed by atoms with Crippen LogP contribution >= 0.6 is 0 Å². The Morgan fingerprint density at radius 3 is 2.19 bits per heavy atom. The van der Waals surface area contributed by atoms with Gasteiger partial charge in [-0.2, -0.15) is 4.39 Å². The molecule has 47 heavy (non-hydrogen) atoms. The molecule has 0 aliphatic carbocycles. The van der Waals surface area contributed by atoms with Gasteiger partial charge in [-0.15, -0.1) is 0 Å². The quantitative estimate of drug-likeness (QED) is 0.0930. The van der Waals surface area contributed by atoms with E-state index < -0.39 is 41.6 Å². The van der Waals surface area contributed by atoms with Gasteiger partial charge in [0, 0.05) is 39.0 Å². The fourth-order valence-corrected chi connectivity index (χ4v) is 4.43. The first-order chi connectivity index (χ1) is 22.8. The fraction of sp³-hybridized carbons (Fsp3) is 0.529. The predicted molar refractivity (Wildman–Crippen MR) is 179 cm³/mol. The molecule has 1 aromatic rings. The van der Waals surface area contributed by atoms with Crippen LogP contribution in [0.25, 0.3) is 0 Å². The van der Waals surface area contributed by atoms with Gasteiger partial charge in [0.1, 0.15) is 18.9 Å². The minimum absolute atomic E-state index is 0.00465. The smallest absolute Gasteiger partial charge is 0.407 e. The van der Waals surface area contributed by atoms with Crippen LogP contribution in [0.15, 0.2) is 76.5 Å². The summed E-state index contributed by atoms with van der Waals surface area (Å²) in [4.78, 5) is 48.9. The van der Waals surface area contributed by atoms with Crippen LogP contribution in [0.3, 0.4) is 0 Å². The van der Waals surface area contributed by atoms with Gasteiger partial charge in [-0.1, -0.05) is 67.7 Å². The fourth-order valence-electron chi connectivity index (χ4n) is 4.43. The number of carbonyl (C=O) groups is 2. The molecule has 0 aromatic carbocycles. The Morgan fingerprint density at radius 1 is 0.957 bits per heavy atom. The number of alkyl carbamates (subject to hydrolysis) is 1. The van der Waals surface area contributed by atoms with E-state index >= 15 is 0 Å². The molecule has 260 valence electrons. The molecule has 0 spiro atoms. The van der Waals surface area contributed by atoms with E-state index in [2.05, 4.69) is 83.6 Å². The third-order valence-corrected chi connectivity index (χ3v) is 6.94. The van der Waals surface area contributed by atoms with Crippen LogP contribution in [0.4, 0.5) is 9.18 Å². The number of hydrogen-bond acceptors (Lipinski definition) is 8. The third kappa shape index (κ3) is 17.4. The normalized spacial score (nSPS) is 18.4. The Kier molecular flexibility index (Phi) is 20.1. The number of aliphatic hydroxyl groups excluding tert-OH is 1. The largest absolute Gasteiger partial charge is 0.447 e. The van der Waals surface area contributed by atoms with Crippen molar-refractivity contribution in [3.63, 3.8) is 0 Å². The van der Waals surface area contributed by atoms with Crippen molar-refractivity contribution in [2.24, 2.45) is 0 Å². The van der Waals surface area contributed by atoms with Crippen LogP contribution in [-0.4, -0.2) is 71.7 Å². The Balaban J connectivity index is 1.41. The molecule has 1 fully saturated rings. The summed E-state index contributed by atoms with van der Waals surface area (Å²) in [6, 6.07) is 0. The van der Waals surface area contributed by atoms with Crippen molar-refractivity contribution < 1.29 is 28.6 Å². The summed E-state index contributed by atoms with van der Waals surface area (Å²) in [6.45, 7) is 3.55. The molecule has 12 nitrogen and oxygen atoms in total. The summed E-state index contributed by atoms with van der Waals surface area (Å²) in [5.41, 5.74) is -2.03. The second-order valence-electron chi connectivity index (χ2n) is 10.8. The molecule has 1 aromatic heterocycles. The number of nitrogens with one attached hydrogen (secondary N) is 4. The van der Waals surface area contributed by atoms with Gasteiger partial charge in [-0.05, 0) is 44.9 Å². The molecule has 5 N–H and O–H groups in total. The zero-order valence-corrected chi connectivity index (χ0v) is 27.2. The van der Waals surface area contributed by atoms with Crippen LogP contribution < -0.4 is 27.2 Å². The Morgan fingerprint density at radius 2 is 1.55 bits per heavy atom. The second-order valence-corrected chi connectivity index (χ2v) is 10.8. The van der Waals surface area contributed by atoms with Crippen molar-refractivity contribution in [3.05, 3.63) is 93.6 Å². The van der Waals surface area contributed by atoms with Crippen molar-refractivity contribution in [1.82, 2.24) is 25.5 Å². The molecule has 0 saturated carbocycles. The zero-order valence-electron chi connectivity index (χ0n) is 27.2. The number of allylic oxidation sites excluding steroid dienone is 10. The average molecular weight is 660 g/mol. The molecule has 2 heterocycles. The molecule has 1 aliphatic rings. The molecule has 3 atom stereocenters. The summed E-state index contributed by atoms with van der Waals surface area (Å²) < 4.78 is 25.0. The number of H-pyrrole nitrogens is 1. The number of unbranched alkanes of at least 4 members (excludes halogenated alkanes) is 1. The van der Waals surface area contributed by atoms with Crippen molar-refractivity contribution in [2.75, 3.05) is 32.8 Å². The van der Waals surface area contributed by atoms with E-state index in [1.807, 2.05) is 4.98 Å². The predicted octanol–water partition coefficient (Wildman–Crippen LogP) is 3.68. The van der Waals surface area contributed by atoms with Gasteiger partial charge >= 0.3 is 11.8 Å². The highest BCUT2D eigenvalue weighted by Gasteiger charge is 2.36.